The van der Waals surface area contributed by atoms with E-state index in [-0.39, 0.29) is 5.91 Å². The summed E-state index contributed by atoms with van der Waals surface area (Å²) in [6.45, 7) is 7.56. The van der Waals surface area contributed by atoms with Gasteiger partial charge in [0.1, 0.15) is 5.82 Å². The third kappa shape index (κ3) is 4.83. The number of carbonyl (C=O) groups is 1. The zero-order chi connectivity index (χ0) is 17.6. The van der Waals surface area contributed by atoms with Crippen LogP contribution in [0.15, 0.2) is 36.7 Å². The number of aryl methyl sites for hydroxylation is 1. The molecule has 6 heteroatoms. The Balaban J connectivity index is 1.43. The van der Waals surface area contributed by atoms with Crippen molar-refractivity contribution in [2.24, 2.45) is 0 Å². The highest BCUT2D eigenvalue weighted by molar-refractivity contribution is 6.30. The highest BCUT2D eigenvalue weighted by atomic mass is 35.5. The normalized spacial score (nSPS) is 15.5. The lowest BCUT2D eigenvalue weighted by Gasteiger charge is -2.35. The Hall–Kier alpha value is -1.85. The van der Waals surface area contributed by atoms with Gasteiger partial charge in [-0.15, -0.1) is 0 Å². The maximum atomic E-state index is 12.4. The summed E-state index contributed by atoms with van der Waals surface area (Å²) in [6.07, 6.45) is 5.32. The van der Waals surface area contributed by atoms with Gasteiger partial charge in [0.05, 0.1) is 6.42 Å². The predicted molar refractivity (Wildman–Crippen MR) is 99.8 cm³/mol. The number of carbonyl (C=O) groups excluding carboxylic acids is 1. The Bertz CT molecular complexity index is 690. The van der Waals surface area contributed by atoms with E-state index in [0.717, 1.165) is 57.1 Å². The predicted octanol–water partition coefficient (Wildman–Crippen LogP) is 2.49. The minimum atomic E-state index is 0.199. The van der Waals surface area contributed by atoms with Crippen molar-refractivity contribution in [1.29, 1.82) is 0 Å². The molecule has 0 N–H and O–H groups in total. The number of hydrogen-bond acceptors (Lipinski definition) is 3. The molecule has 0 aliphatic carbocycles. The van der Waals surface area contributed by atoms with Crippen LogP contribution < -0.4 is 0 Å². The van der Waals surface area contributed by atoms with Gasteiger partial charge in [0.2, 0.25) is 5.91 Å². The van der Waals surface area contributed by atoms with Gasteiger partial charge in [-0.3, -0.25) is 9.69 Å². The number of imidazole rings is 1. The van der Waals surface area contributed by atoms with Gasteiger partial charge in [0.25, 0.3) is 0 Å². The minimum Gasteiger partial charge on any atom is -0.340 e. The summed E-state index contributed by atoms with van der Waals surface area (Å²) in [5.74, 6) is 1.33. The zero-order valence-electron chi connectivity index (χ0n) is 14.7. The molecule has 2 heterocycles. The molecule has 134 valence electrons. The van der Waals surface area contributed by atoms with Crippen molar-refractivity contribution in [2.75, 3.05) is 32.7 Å². The lowest BCUT2D eigenvalue weighted by molar-refractivity contribution is -0.132. The third-order valence-corrected chi connectivity index (χ3v) is 5.02. The molecule has 1 aliphatic heterocycles. The van der Waals surface area contributed by atoms with Crippen LogP contribution in [-0.2, 0) is 24.2 Å². The first kappa shape index (κ1) is 18.0. The molecule has 1 fully saturated rings. The Kier molecular flexibility index (Phi) is 6.10. The van der Waals surface area contributed by atoms with E-state index in [2.05, 4.69) is 21.4 Å². The van der Waals surface area contributed by atoms with Crippen molar-refractivity contribution < 1.29 is 4.79 Å². The topological polar surface area (TPSA) is 41.4 Å². The number of piperazine rings is 1. The second kappa shape index (κ2) is 8.50. The highest BCUT2D eigenvalue weighted by Gasteiger charge is 2.21. The summed E-state index contributed by atoms with van der Waals surface area (Å²) in [7, 11) is 0. The number of benzene rings is 1. The standard InChI is InChI=1S/C19H25ClN4O/c1-2-18-21-7-8-23(18)12-9-22-10-13-24(14-11-22)19(25)15-16-3-5-17(20)6-4-16/h3-8H,2,9-15H2,1H3. The molecular formula is C19H25ClN4O. The minimum absolute atomic E-state index is 0.199. The SMILES string of the molecule is CCc1nccn1CCN1CCN(C(=O)Cc2ccc(Cl)cc2)CC1. The van der Waals surface area contributed by atoms with Crippen molar-refractivity contribution in [3.8, 4) is 0 Å². The molecule has 0 radical (unpaired) electrons. The van der Waals surface area contributed by atoms with Crippen LogP contribution in [0.3, 0.4) is 0 Å². The summed E-state index contributed by atoms with van der Waals surface area (Å²) in [5, 5.41) is 0.703. The van der Waals surface area contributed by atoms with Gasteiger partial charge in [-0.25, -0.2) is 4.98 Å². The average Bonchev–Trinajstić information content (AvgIpc) is 3.10. The molecule has 1 aliphatic rings. The first-order valence-electron chi connectivity index (χ1n) is 8.90. The molecule has 1 aromatic carbocycles. The van der Waals surface area contributed by atoms with Crippen LogP contribution in [0, 0.1) is 0 Å². The summed E-state index contributed by atoms with van der Waals surface area (Å²) < 4.78 is 2.22. The van der Waals surface area contributed by atoms with E-state index in [1.54, 1.807) is 0 Å². The molecule has 5 nitrogen and oxygen atoms in total. The highest BCUT2D eigenvalue weighted by Crippen LogP contribution is 2.12. The van der Waals surface area contributed by atoms with Gasteiger partial charge in [0, 0.05) is 63.1 Å². The molecule has 1 aromatic heterocycles. The van der Waals surface area contributed by atoms with Crippen LogP contribution in [-0.4, -0.2) is 58.0 Å². The lowest BCUT2D eigenvalue weighted by Crippen LogP contribution is -2.49. The maximum Gasteiger partial charge on any atom is 0.227 e. The van der Waals surface area contributed by atoms with Crippen molar-refractivity contribution >= 4 is 17.5 Å². The van der Waals surface area contributed by atoms with Crippen molar-refractivity contribution in [1.82, 2.24) is 19.4 Å². The Labute approximate surface area is 154 Å². The fraction of sp³-hybridized carbons (Fsp3) is 0.474. The first-order valence-corrected chi connectivity index (χ1v) is 9.28. The van der Waals surface area contributed by atoms with E-state index in [0.29, 0.717) is 11.4 Å². The number of rotatable bonds is 6. The quantitative estimate of drug-likeness (QED) is 0.794. The zero-order valence-corrected chi connectivity index (χ0v) is 15.5. The van der Waals surface area contributed by atoms with Gasteiger partial charge >= 0.3 is 0 Å². The number of halogens is 1. The van der Waals surface area contributed by atoms with Gasteiger partial charge in [0.15, 0.2) is 0 Å². The number of nitrogens with zero attached hydrogens (tertiary/aromatic N) is 4. The summed E-state index contributed by atoms with van der Waals surface area (Å²) in [6, 6.07) is 7.52. The second-order valence-corrected chi connectivity index (χ2v) is 6.85. The van der Waals surface area contributed by atoms with Crippen molar-refractivity contribution in [3.05, 3.63) is 53.1 Å². The molecule has 0 spiro atoms. The van der Waals surface area contributed by atoms with Gasteiger partial charge in [-0.05, 0) is 17.7 Å². The molecule has 0 saturated carbocycles. The molecular weight excluding hydrogens is 336 g/mol. The summed E-state index contributed by atoms with van der Waals surface area (Å²) >= 11 is 5.89. The Morgan fingerprint density at radius 3 is 2.52 bits per heavy atom. The summed E-state index contributed by atoms with van der Waals surface area (Å²) in [5.41, 5.74) is 1.02. The number of hydrogen-bond donors (Lipinski definition) is 0. The van der Waals surface area contributed by atoms with Gasteiger partial charge in [-0.1, -0.05) is 30.7 Å². The molecule has 0 unspecified atom stereocenters. The van der Waals surface area contributed by atoms with E-state index in [9.17, 15) is 4.79 Å². The molecule has 0 atom stereocenters. The monoisotopic (exact) mass is 360 g/mol. The van der Waals surface area contributed by atoms with Crippen LogP contribution >= 0.6 is 11.6 Å². The summed E-state index contributed by atoms with van der Waals surface area (Å²) in [4.78, 5) is 21.2. The second-order valence-electron chi connectivity index (χ2n) is 6.42. The van der Waals surface area contributed by atoms with E-state index >= 15 is 0 Å². The molecule has 1 amide bonds. The van der Waals surface area contributed by atoms with E-state index in [1.165, 1.54) is 0 Å². The van der Waals surface area contributed by atoms with E-state index in [4.69, 9.17) is 11.6 Å². The van der Waals surface area contributed by atoms with Gasteiger partial charge in [-0.2, -0.15) is 0 Å². The maximum absolute atomic E-state index is 12.4. The largest absolute Gasteiger partial charge is 0.340 e. The van der Waals surface area contributed by atoms with Crippen LogP contribution in [0.1, 0.15) is 18.3 Å². The third-order valence-electron chi connectivity index (χ3n) is 4.77. The van der Waals surface area contributed by atoms with Crippen LogP contribution in [0.2, 0.25) is 5.02 Å². The molecule has 0 bridgehead atoms. The lowest BCUT2D eigenvalue weighted by atomic mass is 10.1. The number of amides is 1. The van der Waals surface area contributed by atoms with E-state index < -0.39 is 0 Å². The van der Waals surface area contributed by atoms with Crippen molar-refractivity contribution in [3.63, 3.8) is 0 Å². The molecule has 3 rings (SSSR count). The Morgan fingerprint density at radius 1 is 1.12 bits per heavy atom. The van der Waals surface area contributed by atoms with Crippen LogP contribution in [0.4, 0.5) is 0 Å². The average molecular weight is 361 g/mol. The van der Waals surface area contributed by atoms with Crippen LogP contribution in [0.5, 0.6) is 0 Å². The Morgan fingerprint density at radius 2 is 1.84 bits per heavy atom. The first-order chi connectivity index (χ1) is 12.2. The van der Waals surface area contributed by atoms with Crippen LogP contribution in [0.25, 0.3) is 0 Å². The van der Waals surface area contributed by atoms with E-state index in [1.807, 2.05) is 41.6 Å². The fourth-order valence-corrected chi connectivity index (χ4v) is 3.34. The van der Waals surface area contributed by atoms with Gasteiger partial charge < -0.3 is 9.47 Å². The molecule has 25 heavy (non-hydrogen) atoms. The molecule has 2 aromatic rings. The number of aromatic nitrogens is 2. The molecule has 1 saturated heterocycles. The van der Waals surface area contributed by atoms with Crippen molar-refractivity contribution in [2.45, 2.75) is 26.3 Å². The fourth-order valence-electron chi connectivity index (χ4n) is 3.22. The smallest absolute Gasteiger partial charge is 0.227 e.